The number of rotatable bonds is 1. The lowest BCUT2D eigenvalue weighted by molar-refractivity contribution is -0.177. The van der Waals surface area contributed by atoms with E-state index in [-0.39, 0.29) is 17.7 Å². The number of hydrogen-bond acceptors (Lipinski definition) is 5. The fraction of sp³-hybridized carbons (Fsp3) is 0.667. The summed E-state index contributed by atoms with van der Waals surface area (Å²) in [4.78, 5) is 30.2. The molecule has 0 N–H and O–H groups in total. The van der Waals surface area contributed by atoms with Gasteiger partial charge in [0.25, 0.3) is 5.91 Å². The molecule has 1 aromatic rings. The van der Waals surface area contributed by atoms with E-state index < -0.39 is 5.60 Å². The minimum Gasteiger partial charge on any atom is -0.491 e. The van der Waals surface area contributed by atoms with Crippen molar-refractivity contribution < 1.29 is 23.8 Å². The van der Waals surface area contributed by atoms with Gasteiger partial charge in [0.2, 0.25) is 5.91 Å². The number of carbonyl (C=O) groups excluding carboxylic acids is 2. The van der Waals surface area contributed by atoms with Gasteiger partial charge in [-0.25, -0.2) is 0 Å². The molecule has 1 spiro atoms. The molecule has 3 aliphatic rings. The van der Waals surface area contributed by atoms with E-state index in [1.807, 2.05) is 23.1 Å². The molecular weight excluding hydrogens is 396 g/mol. The minimum absolute atomic E-state index is 0.00659. The number of morpholine rings is 1. The van der Waals surface area contributed by atoms with Gasteiger partial charge >= 0.3 is 0 Å². The highest BCUT2D eigenvalue weighted by Crippen LogP contribution is 2.30. The second kappa shape index (κ2) is 10.0. The average Bonchev–Trinajstić information content (AvgIpc) is 2.81. The molecule has 2 fully saturated rings. The molecule has 2 saturated heterocycles. The molecule has 3 heterocycles. The Bertz CT molecular complexity index is 779. The molecule has 0 radical (unpaired) electrons. The third-order valence-electron chi connectivity index (χ3n) is 6.74. The second-order valence-electron chi connectivity index (χ2n) is 8.88. The summed E-state index contributed by atoms with van der Waals surface area (Å²) in [6.07, 6.45) is 4.84. The fourth-order valence-corrected chi connectivity index (χ4v) is 4.88. The Morgan fingerprint density at radius 2 is 1.87 bits per heavy atom. The van der Waals surface area contributed by atoms with E-state index in [9.17, 15) is 9.59 Å². The van der Waals surface area contributed by atoms with E-state index >= 15 is 0 Å². The summed E-state index contributed by atoms with van der Waals surface area (Å²) in [5.41, 5.74) is 0.235. The highest BCUT2D eigenvalue weighted by atomic mass is 16.5. The molecule has 31 heavy (non-hydrogen) atoms. The Balaban J connectivity index is 1.49. The van der Waals surface area contributed by atoms with Crippen molar-refractivity contribution in [2.75, 3.05) is 53.1 Å². The van der Waals surface area contributed by atoms with E-state index in [2.05, 4.69) is 6.07 Å². The van der Waals surface area contributed by atoms with Gasteiger partial charge in [-0.1, -0.05) is 18.2 Å². The van der Waals surface area contributed by atoms with Crippen molar-refractivity contribution in [3.8, 4) is 5.75 Å². The predicted molar refractivity (Wildman–Crippen MR) is 116 cm³/mol. The van der Waals surface area contributed by atoms with Gasteiger partial charge in [-0.05, 0) is 50.2 Å². The SMILES string of the molecule is CN1CCOc2ccccc2CCCCC2(CN(C(=O)C3CCOCC3)CCO2)C1=O. The quantitative estimate of drug-likeness (QED) is 0.684. The first-order valence-corrected chi connectivity index (χ1v) is 11.6. The first-order chi connectivity index (χ1) is 15.1. The zero-order chi connectivity index (χ0) is 21.7. The van der Waals surface area contributed by atoms with Crippen molar-refractivity contribution in [2.45, 2.75) is 44.1 Å². The summed E-state index contributed by atoms with van der Waals surface area (Å²) in [5, 5.41) is 0. The van der Waals surface area contributed by atoms with Crippen LogP contribution in [0.5, 0.6) is 5.75 Å². The lowest BCUT2D eigenvalue weighted by Crippen LogP contribution is -2.62. The number of para-hydroxylation sites is 1. The van der Waals surface area contributed by atoms with Gasteiger partial charge in [0.15, 0.2) is 5.60 Å². The van der Waals surface area contributed by atoms with E-state index in [1.165, 1.54) is 5.56 Å². The third-order valence-corrected chi connectivity index (χ3v) is 6.74. The maximum Gasteiger partial charge on any atom is 0.256 e. The lowest BCUT2D eigenvalue weighted by Gasteiger charge is -2.44. The second-order valence-corrected chi connectivity index (χ2v) is 8.88. The topological polar surface area (TPSA) is 68.3 Å². The lowest BCUT2D eigenvalue weighted by atomic mass is 9.90. The van der Waals surface area contributed by atoms with Crippen LogP contribution in [0.4, 0.5) is 0 Å². The zero-order valence-electron chi connectivity index (χ0n) is 18.5. The average molecular weight is 431 g/mol. The normalized spacial score (nSPS) is 26.5. The Morgan fingerprint density at radius 1 is 1.06 bits per heavy atom. The van der Waals surface area contributed by atoms with Crippen molar-refractivity contribution in [1.82, 2.24) is 9.80 Å². The van der Waals surface area contributed by atoms with Crippen LogP contribution in [0, 0.1) is 5.92 Å². The van der Waals surface area contributed by atoms with Crippen molar-refractivity contribution in [2.24, 2.45) is 5.92 Å². The number of benzene rings is 1. The molecule has 4 rings (SSSR count). The number of amides is 2. The van der Waals surface area contributed by atoms with Crippen molar-refractivity contribution in [3.05, 3.63) is 29.8 Å². The number of ether oxygens (including phenoxy) is 3. The Labute approximate surface area is 184 Å². The van der Waals surface area contributed by atoms with Crippen LogP contribution in [0.3, 0.4) is 0 Å². The first-order valence-electron chi connectivity index (χ1n) is 11.6. The molecule has 7 nitrogen and oxygen atoms in total. The standard InChI is InChI=1S/C24H34N2O5/c1-25-12-16-30-21-8-3-2-6-19(21)7-4-5-11-24(23(25)28)18-26(13-17-31-24)22(27)20-9-14-29-15-10-20/h2-3,6,8,20H,4-5,7,9-18H2,1H3. The van der Waals surface area contributed by atoms with Crippen molar-refractivity contribution in [1.29, 1.82) is 0 Å². The summed E-state index contributed by atoms with van der Waals surface area (Å²) in [6.45, 7) is 3.46. The van der Waals surface area contributed by atoms with Crippen LogP contribution in [-0.4, -0.2) is 80.3 Å². The Hall–Kier alpha value is -2.12. The molecule has 1 unspecified atom stereocenters. The summed E-state index contributed by atoms with van der Waals surface area (Å²) in [6, 6.07) is 8.12. The fourth-order valence-electron chi connectivity index (χ4n) is 4.88. The minimum atomic E-state index is -0.966. The van der Waals surface area contributed by atoms with Gasteiger partial charge < -0.3 is 24.0 Å². The highest BCUT2D eigenvalue weighted by Gasteiger charge is 2.46. The number of carbonyl (C=O) groups is 2. The Kier molecular flexibility index (Phi) is 7.13. The molecule has 0 aliphatic carbocycles. The molecule has 0 saturated carbocycles. The van der Waals surface area contributed by atoms with E-state index in [0.29, 0.717) is 52.5 Å². The number of aryl methyl sites for hydroxylation is 1. The van der Waals surface area contributed by atoms with Crippen LogP contribution in [0.25, 0.3) is 0 Å². The van der Waals surface area contributed by atoms with Crippen LogP contribution >= 0.6 is 0 Å². The number of fused-ring (bicyclic) bond motifs is 1. The molecule has 2 amide bonds. The molecule has 1 atom stereocenters. The van der Waals surface area contributed by atoms with Gasteiger partial charge in [-0.15, -0.1) is 0 Å². The summed E-state index contributed by atoms with van der Waals surface area (Å²) < 4.78 is 17.6. The van der Waals surface area contributed by atoms with Crippen LogP contribution in [0.2, 0.25) is 0 Å². The van der Waals surface area contributed by atoms with Gasteiger partial charge in [0, 0.05) is 32.7 Å². The summed E-state index contributed by atoms with van der Waals surface area (Å²) in [7, 11) is 1.80. The number of nitrogens with zero attached hydrogens (tertiary/aromatic N) is 2. The van der Waals surface area contributed by atoms with Crippen molar-refractivity contribution in [3.63, 3.8) is 0 Å². The molecule has 1 aromatic carbocycles. The van der Waals surface area contributed by atoms with Gasteiger partial charge in [-0.2, -0.15) is 0 Å². The molecule has 0 bridgehead atoms. The van der Waals surface area contributed by atoms with Gasteiger partial charge in [0.05, 0.1) is 19.7 Å². The van der Waals surface area contributed by atoms with Crippen LogP contribution in [-0.2, 0) is 25.5 Å². The largest absolute Gasteiger partial charge is 0.491 e. The Morgan fingerprint density at radius 3 is 2.71 bits per heavy atom. The molecule has 0 aromatic heterocycles. The van der Waals surface area contributed by atoms with Crippen molar-refractivity contribution >= 4 is 11.8 Å². The number of hydrogen-bond donors (Lipinski definition) is 0. The van der Waals surface area contributed by atoms with E-state index in [0.717, 1.165) is 37.9 Å². The molecular formula is C24H34N2O5. The van der Waals surface area contributed by atoms with E-state index in [4.69, 9.17) is 14.2 Å². The summed E-state index contributed by atoms with van der Waals surface area (Å²) >= 11 is 0. The van der Waals surface area contributed by atoms with Gasteiger partial charge in [-0.3, -0.25) is 9.59 Å². The smallest absolute Gasteiger partial charge is 0.256 e. The zero-order valence-corrected chi connectivity index (χ0v) is 18.5. The van der Waals surface area contributed by atoms with Crippen LogP contribution in [0.1, 0.15) is 37.7 Å². The maximum absolute atomic E-state index is 13.5. The summed E-state index contributed by atoms with van der Waals surface area (Å²) in [5.74, 6) is 0.993. The molecule has 170 valence electrons. The molecule has 3 aliphatic heterocycles. The predicted octanol–water partition coefficient (Wildman–Crippen LogP) is 2.27. The highest BCUT2D eigenvalue weighted by molar-refractivity contribution is 5.87. The number of likely N-dealkylation sites (N-methyl/N-ethyl adjacent to an activating group) is 1. The third kappa shape index (κ3) is 5.04. The monoisotopic (exact) mass is 430 g/mol. The first kappa shape index (κ1) is 22.1. The van der Waals surface area contributed by atoms with Crippen LogP contribution in [0.15, 0.2) is 24.3 Å². The van der Waals surface area contributed by atoms with Crippen LogP contribution < -0.4 is 4.74 Å². The maximum atomic E-state index is 13.5. The molecule has 7 heteroatoms. The van der Waals surface area contributed by atoms with Gasteiger partial charge in [0.1, 0.15) is 12.4 Å². The van der Waals surface area contributed by atoms with E-state index in [1.54, 1.807) is 11.9 Å².